The van der Waals surface area contributed by atoms with Gasteiger partial charge in [0.1, 0.15) is 17.4 Å². The summed E-state index contributed by atoms with van der Waals surface area (Å²) in [5.41, 5.74) is 9.39. The van der Waals surface area contributed by atoms with Crippen molar-refractivity contribution in [2.24, 2.45) is 5.73 Å². The Morgan fingerprint density at radius 2 is 2.08 bits per heavy atom. The third-order valence-corrected chi connectivity index (χ3v) is 4.35. The molecule has 0 unspecified atom stereocenters. The summed E-state index contributed by atoms with van der Waals surface area (Å²) < 4.78 is 5.75. The van der Waals surface area contributed by atoms with E-state index in [2.05, 4.69) is 35.9 Å². The quantitative estimate of drug-likeness (QED) is 0.936. The molecule has 1 aromatic heterocycles. The SMILES string of the molecule is CCN(CC)c1ccc2c(c1)OC(N)=C(C#N)[C@@H]2c1cccnc1. The maximum Gasteiger partial charge on any atom is 0.205 e. The highest BCUT2D eigenvalue weighted by molar-refractivity contribution is 5.61. The van der Waals surface area contributed by atoms with Gasteiger partial charge in [0.05, 0.1) is 5.92 Å². The number of fused-ring (bicyclic) bond motifs is 1. The van der Waals surface area contributed by atoms with Gasteiger partial charge in [-0.15, -0.1) is 0 Å². The monoisotopic (exact) mass is 320 g/mol. The van der Waals surface area contributed by atoms with Gasteiger partial charge in [-0.1, -0.05) is 12.1 Å². The number of rotatable bonds is 4. The molecule has 3 rings (SSSR count). The normalized spacial score (nSPS) is 16.1. The summed E-state index contributed by atoms with van der Waals surface area (Å²) in [6.07, 6.45) is 3.48. The topological polar surface area (TPSA) is 75.2 Å². The fourth-order valence-electron chi connectivity index (χ4n) is 3.12. The molecule has 0 amide bonds. The summed E-state index contributed by atoms with van der Waals surface area (Å²) in [6, 6.07) is 12.1. The molecule has 122 valence electrons. The van der Waals surface area contributed by atoms with Crippen molar-refractivity contribution in [3.8, 4) is 11.8 Å². The van der Waals surface area contributed by atoms with Crippen molar-refractivity contribution in [2.75, 3.05) is 18.0 Å². The minimum absolute atomic E-state index is 0.163. The summed E-state index contributed by atoms with van der Waals surface area (Å²) >= 11 is 0. The zero-order valence-electron chi connectivity index (χ0n) is 13.9. The molecule has 1 aromatic carbocycles. The van der Waals surface area contributed by atoms with E-state index < -0.39 is 0 Å². The molecule has 0 saturated carbocycles. The summed E-state index contributed by atoms with van der Waals surface area (Å²) in [7, 11) is 0. The third kappa shape index (κ3) is 2.67. The van der Waals surface area contributed by atoms with E-state index in [1.54, 1.807) is 12.4 Å². The molecule has 2 aromatic rings. The Labute approximate surface area is 142 Å². The lowest BCUT2D eigenvalue weighted by molar-refractivity contribution is 0.393. The number of anilines is 1. The van der Waals surface area contributed by atoms with Crippen LogP contribution in [0.4, 0.5) is 5.69 Å². The first-order valence-corrected chi connectivity index (χ1v) is 8.06. The highest BCUT2D eigenvalue weighted by Gasteiger charge is 2.31. The van der Waals surface area contributed by atoms with Gasteiger partial charge in [0.15, 0.2) is 0 Å². The van der Waals surface area contributed by atoms with E-state index >= 15 is 0 Å². The molecule has 5 heteroatoms. The first-order valence-electron chi connectivity index (χ1n) is 8.06. The highest BCUT2D eigenvalue weighted by atomic mass is 16.5. The van der Waals surface area contributed by atoms with Crippen LogP contribution < -0.4 is 15.4 Å². The van der Waals surface area contributed by atoms with E-state index in [1.807, 2.05) is 24.3 Å². The van der Waals surface area contributed by atoms with Gasteiger partial charge < -0.3 is 15.4 Å². The van der Waals surface area contributed by atoms with E-state index in [9.17, 15) is 5.26 Å². The first-order chi connectivity index (χ1) is 11.7. The minimum atomic E-state index is -0.252. The van der Waals surface area contributed by atoms with Crippen molar-refractivity contribution in [1.82, 2.24) is 4.98 Å². The van der Waals surface area contributed by atoms with Gasteiger partial charge in [0.2, 0.25) is 5.88 Å². The predicted molar refractivity (Wildman–Crippen MR) is 93.5 cm³/mol. The van der Waals surface area contributed by atoms with E-state index in [0.29, 0.717) is 11.3 Å². The molecule has 0 aliphatic carbocycles. The number of hydrogen-bond acceptors (Lipinski definition) is 5. The Hall–Kier alpha value is -3.00. The van der Waals surface area contributed by atoms with Crippen LogP contribution in [0.2, 0.25) is 0 Å². The van der Waals surface area contributed by atoms with Crippen molar-refractivity contribution in [1.29, 1.82) is 5.26 Å². The smallest absolute Gasteiger partial charge is 0.205 e. The Morgan fingerprint density at radius 3 is 2.71 bits per heavy atom. The van der Waals surface area contributed by atoms with E-state index in [1.165, 1.54) is 0 Å². The van der Waals surface area contributed by atoms with Crippen LogP contribution in [-0.2, 0) is 0 Å². The van der Waals surface area contributed by atoms with E-state index in [-0.39, 0.29) is 11.8 Å². The molecule has 1 aliphatic heterocycles. The van der Waals surface area contributed by atoms with Crippen LogP contribution in [-0.4, -0.2) is 18.1 Å². The number of pyridine rings is 1. The minimum Gasteiger partial charge on any atom is -0.440 e. The molecule has 1 aliphatic rings. The van der Waals surface area contributed by atoms with Crippen LogP contribution in [0.15, 0.2) is 54.2 Å². The average Bonchev–Trinajstić information content (AvgIpc) is 2.62. The van der Waals surface area contributed by atoms with Crippen molar-refractivity contribution in [3.05, 3.63) is 65.3 Å². The summed E-state index contributed by atoms with van der Waals surface area (Å²) in [6.45, 7) is 6.06. The standard InChI is InChI=1S/C19H20N4O/c1-3-23(4-2)14-7-8-15-17(10-14)24-19(21)16(11-20)18(15)13-6-5-9-22-12-13/h5-10,12,18H,3-4,21H2,1-2H3/t18-/m1/s1. The molecular weight excluding hydrogens is 300 g/mol. The molecule has 0 fully saturated rings. The summed E-state index contributed by atoms with van der Waals surface area (Å²) in [5, 5.41) is 9.54. The largest absolute Gasteiger partial charge is 0.440 e. The maximum absolute atomic E-state index is 9.54. The fourth-order valence-corrected chi connectivity index (χ4v) is 3.12. The van der Waals surface area contributed by atoms with Gasteiger partial charge in [-0.3, -0.25) is 4.98 Å². The molecule has 1 atom stereocenters. The molecule has 0 saturated heterocycles. The van der Waals surface area contributed by atoms with Gasteiger partial charge in [0.25, 0.3) is 0 Å². The third-order valence-electron chi connectivity index (χ3n) is 4.35. The van der Waals surface area contributed by atoms with Crippen LogP contribution in [0, 0.1) is 11.3 Å². The maximum atomic E-state index is 9.54. The number of allylic oxidation sites excluding steroid dienone is 1. The van der Waals surface area contributed by atoms with Crippen LogP contribution in [0.5, 0.6) is 5.75 Å². The van der Waals surface area contributed by atoms with Gasteiger partial charge in [-0.2, -0.15) is 5.26 Å². The van der Waals surface area contributed by atoms with Crippen LogP contribution in [0.1, 0.15) is 30.9 Å². The number of nitrogens with zero attached hydrogens (tertiary/aromatic N) is 3. The molecule has 2 N–H and O–H groups in total. The molecule has 0 bridgehead atoms. The van der Waals surface area contributed by atoms with Crippen molar-refractivity contribution in [2.45, 2.75) is 19.8 Å². The number of hydrogen-bond donors (Lipinski definition) is 1. The van der Waals surface area contributed by atoms with Gasteiger partial charge in [-0.25, -0.2) is 0 Å². The summed E-state index contributed by atoms with van der Waals surface area (Å²) in [4.78, 5) is 6.42. The van der Waals surface area contributed by atoms with Gasteiger partial charge in [0, 0.05) is 42.8 Å². The molecule has 24 heavy (non-hydrogen) atoms. The summed E-state index contributed by atoms with van der Waals surface area (Å²) in [5.74, 6) is 0.610. The Balaban J connectivity index is 2.13. The fraction of sp³-hybridized carbons (Fsp3) is 0.263. The zero-order chi connectivity index (χ0) is 17.1. The number of benzene rings is 1. The van der Waals surface area contributed by atoms with Gasteiger partial charge in [-0.05, 0) is 31.5 Å². The Bertz CT molecular complexity index is 804. The van der Waals surface area contributed by atoms with E-state index in [0.717, 1.165) is 29.9 Å². The zero-order valence-corrected chi connectivity index (χ0v) is 13.9. The first kappa shape index (κ1) is 15.9. The van der Waals surface area contributed by atoms with E-state index in [4.69, 9.17) is 10.5 Å². The lowest BCUT2D eigenvalue weighted by Gasteiger charge is -2.28. The number of nitriles is 1. The van der Waals surface area contributed by atoms with Crippen LogP contribution in [0.25, 0.3) is 0 Å². The number of aromatic nitrogens is 1. The average molecular weight is 320 g/mol. The lowest BCUT2D eigenvalue weighted by Crippen LogP contribution is -2.24. The highest BCUT2D eigenvalue weighted by Crippen LogP contribution is 2.43. The van der Waals surface area contributed by atoms with Crippen LogP contribution >= 0.6 is 0 Å². The Kier molecular flexibility index (Phi) is 4.39. The lowest BCUT2D eigenvalue weighted by atomic mass is 9.84. The van der Waals surface area contributed by atoms with Crippen molar-refractivity contribution >= 4 is 5.69 Å². The van der Waals surface area contributed by atoms with Gasteiger partial charge >= 0.3 is 0 Å². The molecule has 0 spiro atoms. The Morgan fingerprint density at radius 1 is 1.29 bits per heavy atom. The predicted octanol–water partition coefficient (Wildman–Crippen LogP) is 3.15. The van der Waals surface area contributed by atoms with Crippen LogP contribution in [0.3, 0.4) is 0 Å². The molecular formula is C19H20N4O. The molecule has 2 heterocycles. The van der Waals surface area contributed by atoms with Crippen molar-refractivity contribution in [3.63, 3.8) is 0 Å². The molecule has 5 nitrogen and oxygen atoms in total. The molecule has 0 radical (unpaired) electrons. The number of ether oxygens (including phenoxy) is 1. The number of nitrogens with two attached hydrogens (primary N) is 1. The second kappa shape index (κ2) is 6.63. The second-order valence-electron chi connectivity index (χ2n) is 5.61. The second-order valence-corrected chi connectivity index (χ2v) is 5.61. The van der Waals surface area contributed by atoms with Crippen molar-refractivity contribution < 1.29 is 4.74 Å².